The molecule has 2 atom stereocenters. The second-order valence-corrected chi connectivity index (χ2v) is 6.08. The Bertz CT molecular complexity index is 422. The molecule has 7 heteroatoms. The Hall–Kier alpha value is -1.79. The number of nitrogens with zero attached hydrogens (tertiary/aromatic N) is 1. The van der Waals surface area contributed by atoms with Crippen LogP contribution in [0, 0.1) is 17.8 Å². The van der Waals surface area contributed by atoms with Gasteiger partial charge in [0.25, 0.3) is 0 Å². The molecule has 1 saturated heterocycles. The largest absolute Gasteiger partial charge is 0.481 e. The number of piperidine rings is 1. The first kappa shape index (κ1) is 15.6. The third-order valence-electron chi connectivity index (χ3n) is 3.94. The maximum absolute atomic E-state index is 12.0. The number of carboxylic acid groups (broad SMARTS) is 1. The van der Waals surface area contributed by atoms with Crippen LogP contribution in [0.2, 0.25) is 0 Å². The first-order valence-corrected chi connectivity index (χ1v) is 7.50. The highest BCUT2D eigenvalue weighted by Crippen LogP contribution is 2.28. The van der Waals surface area contributed by atoms with Crippen LogP contribution < -0.4 is 10.6 Å². The molecule has 3 amide bonds. The molecule has 2 rings (SSSR count). The van der Waals surface area contributed by atoms with E-state index in [0.717, 1.165) is 12.8 Å². The molecule has 1 saturated carbocycles. The highest BCUT2D eigenvalue weighted by molar-refractivity contribution is 5.81. The van der Waals surface area contributed by atoms with Crippen molar-refractivity contribution in [3.8, 4) is 0 Å². The van der Waals surface area contributed by atoms with Crippen LogP contribution in [0.1, 0.15) is 26.2 Å². The number of urea groups is 1. The molecule has 0 aromatic carbocycles. The van der Waals surface area contributed by atoms with Crippen LogP contribution in [-0.4, -0.2) is 54.1 Å². The Balaban J connectivity index is 1.69. The Morgan fingerprint density at radius 2 is 1.76 bits per heavy atom. The fraction of sp³-hybridized carbons (Fsp3) is 0.786. The first-order chi connectivity index (χ1) is 9.97. The van der Waals surface area contributed by atoms with Gasteiger partial charge in [0.05, 0.1) is 5.92 Å². The zero-order valence-electron chi connectivity index (χ0n) is 12.3. The van der Waals surface area contributed by atoms with Crippen molar-refractivity contribution < 1.29 is 19.5 Å². The number of aliphatic carboxylic acids is 1. The van der Waals surface area contributed by atoms with Crippen molar-refractivity contribution in [1.29, 1.82) is 0 Å². The van der Waals surface area contributed by atoms with E-state index in [-0.39, 0.29) is 30.3 Å². The number of carbonyl (C=O) groups is 3. The predicted octanol–water partition coefficient (Wildman–Crippen LogP) is 0.265. The van der Waals surface area contributed by atoms with Crippen molar-refractivity contribution in [1.82, 2.24) is 15.5 Å². The van der Waals surface area contributed by atoms with Crippen LogP contribution in [0.5, 0.6) is 0 Å². The molecular formula is C14H23N3O4. The van der Waals surface area contributed by atoms with Gasteiger partial charge in [-0.05, 0) is 25.2 Å². The molecule has 0 bridgehead atoms. The van der Waals surface area contributed by atoms with E-state index in [1.807, 2.05) is 6.92 Å². The summed E-state index contributed by atoms with van der Waals surface area (Å²) in [6.07, 6.45) is 2.53. The van der Waals surface area contributed by atoms with E-state index in [9.17, 15) is 14.4 Å². The fourth-order valence-corrected chi connectivity index (χ4v) is 2.65. The van der Waals surface area contributed by atoms with Gasteiger partial charge in [0, 0.05) is 32.1 Å². The van der Waals surface area contributed by atoms with Gasteiger partial charge in [-0.25, -0.2) is 4.79 Å². The summed E-state index contributed by atoms with van der Waals surface area (Å²) in [6, 6.07) is -0.256. The van der Waals surface area contributed by atoms with E-state index in [0.29, 0.717) is 26.1 Å². The normalized spacial score (nSPS) is 25.3. The highest BCUT2D eigenvalue weighted by Gasteiger charge is 2.32. The Morgan fingerprint density at radius 3 is 2.38 bits per heavy atom. The molecule has 7 nitrogen and oxygen atoms in total. The van der Waals surface area contributed by atoms with Gasteiger partial charge in [0.1, 0.15) is 0 Å². The third kappa shape index (κ3) is 4.61. The van der Waals surface area contributed by atoms with E-state index in [4.69, 9.17) is 5.11 Å². The van der Waals surface area contributed by atoms with Crippen LogP contribution in [0.15, 0.2) is 0 Å². The minimum absolute atomic E-state index is 0.0572. The lowest BCUT2D eigenvalue weighted by atomic mass is 9.91. The molecule has 1 aliphatic heterocycles. The van der Waals surface area contributed by atoms with E-state index in [1.54, 1.807) is 4.90 Å². The summed E-state index contributed by atoms with van der Waals surface area (Å²) in [7, 11) is 0. The smallest absolute Gasteiger partial charge is 0.317 e. The summed E-state index contributed by atoms with van der Waals surface area (Å²) in [6.45, 7) is 3.54. The van der Waals surface area contributed by atoms with Gasteiger partial charge < -0.3 is 20.6 Å². The maximum atomic E-state index is 12.0. The van der Waals surface area contributed by atoms with Gasteiger partial charge in [0.15, 0.2) is 0 Å². The lowest BCUT2D eigenvalue weighted by molar-refractivity contribution is -0.143. The molecular weight excluding hydrogens is 274 g/mol. The van der Waals surface area contributed by atoms with Crippen molar-refractivity contribution >= 4 is 17.9 Å². The van der Waals surface area contributed by atoms with Crippen molar-refractivity contribution in [2.45, 2.75) is 26.2 Å². The zero-order chi connectivity index (χ0) is 15.4. The summed E-state index contributed by atoms with van der Waals surface area (Å²) in [4.78, 5) is 36.0. The molecule has 21 heavy (non-hydrogen) atoms. The van der Waals surface area contributed by atoms with Crippen LogP contribution in [0.25, 0.3) is 0 Å². The number of hydrogen-bond donors (Lipinski definition) is 3. The fourth-order valence-electron chi connectivity index (χ4n) is 2.65. The molecule has 0 aromatic rings. The molecule has 2 aliphatic rings. The Morgan fingerprint density at radius 1 is 1.10 bits per heavy atom. The lowest BCUT2D eigenvalue weighted by Gasteiger charge is -2.34. The van der Waals surface area contributed by atoms with Crippen molar-refractivity contribution in [3.05, 3.63) is 0 Å². The lowest BCUT2D eigenvalue weighted by Crippen LogP contribution is -2.50. The summed E-state index contributed by atoms with van der Waals surface area (Å²) in [5.41, 5.74) is 0. The molecule has 2 fully saturated rings. The number of likely N-dealkylation sites (tertiary alicyclic amines) is 1. The van der Waals surface area contributed by atoms with Gasteiger partial charge in [0.2, 0.25) is 5.91 Å². The summed E-state index contributed by atoms with van der Waals surface area (Å²) in [5.74, 6) is -0.938. The summed E-state index contributed by atoms with van der Waals surface area (Å²) in [5, 5.41) is 14.6. The minimum atomic E-state index is -0.851. The average molecular weight is 297 g/mol. The standard InChI is InChI=1S/C14H23N3O4/c1-9-6-11(13(19)20)8-17(7-9)14(21)16-5-4-15-12(18)10-2-3-10/h9-11H,2-8H2,1H3,(H,15,18)(H,16,21)(H,19,20). The molecule has 2 unspecified atom stereocenters. The second kappa shape index (κ2) is 6.78. The van der Waals surface area contributed by atoms with Crippen molar-refractivity contribution in [2.75, 3.05) is 26.2 Å². The Kier molecular flexibility index (Phi) is 5.03. The molecule has 0 radical (unpaired) electrons. The highest BCUT2D eigenvalue weighted by atomic mass is 16.4. The zero-order valence-corrected chi connectivity index (χ0v) is 12.3. The van der Waals surface area contributed by atoms with Gasteiger partial charge in [-0.3, -0.25) is 9.59 Å². The molecule has 1 aliphatic carbocycles. The van der Waals surface area contributed by atoms with Crippen LogP contribution in [-0.2, 0) is 9.59 Å². The van der Waals surface area contributed by atoms with Gasteiger partial charge in [-0.2, -0.15) is 0 Å². The Labute approximate surface area is 124 Å². The number of carboxylic acids is 1. The number of carbonyl (C=O) groups excluding carboxylic acids is 2. The molecule has 118 valence electrons. The number of rotatable bonds is 5. The van der Waals surface area contributed by atoms with Gasteiger partial charge >= 0.3 is 12.0 Å². The molecule has 0 spiro atoms. The van der Waals surface area contributed by atoms with Crippen LogP contribution >= 0.6 is 0 Å². The monoisotopic (exact) mass is 297 g/mol. The predicted molar refractivity (Wildman–Crippen MR) is 75.6 cm³/mol. The third-order valence-corrected chi connectivity index (χ3v) is 3.94. The quantitative estimate of drug-likeness (QED) is 0.634. The number of amides is 3. The van der Waals surface area contributed by atoms with E-state index >= 15 is 0 Å². The molecule has 0 aromatic heterocycles. The summed E-state index contributed by atoms with van der Waals surface area (Å²) >= 11 is 0. The second-order valence-electron chi connectivity index (χ2n) is 6.08. The van der Waals surface area contributed by atoms with Gasteiger partial charge in [-0.1, -0.05) is 6.92 Å². The van der Waals surface area contributed by atoms with E-state index < -0.39 is 11.9 Å². The number of nitrogens with one attached hydrogen (secondary N) is 2. The van der Waals surface area contributed by atoms with E-state index in [2.05, 4.69) is 10.6 Å². The van der Waals surface area contributed by atoms with Crippen molar-refractivity contribution in [2.24, 2.45) is 17.8 Å². The number of hydrogen-bond acceptors (Lipinski definition) is 3. The van der Waals surface area contributed by atoms with Gasteiger partial charge in [-0.15, -0.1) is 0 Å². The average Bonchev–Trinajstić information content (AvgIpc) is 3.26. The van der Waals surface area contributed by atoms with Crippen molar-refractivity contribution in [3.63, 3.8) is 0 Å². The molecule has 3 N–H and O–H groups in total. The minimum Gasteiger partial charge on any atom is -0.481 e. The maximum Gasteiger partial charge on any atom is 0.317 e. The molecule has 1 heterocycles. The van der Waals surface area contributed by atoms with E-state index in [1.165, 1.54) is 0 Å². The summed E-state index contributed by atoms with van der Waals surface area (Å²) < 4.78 is 0. The topological polar surface area (TPSA) is 98.7 Å². The SMILES string of the molecule is CC1CC(C(=O)O)CN(C(=O)NCCNC(=O)C2CC2)C1. The first-order valence-electron chi connectivity index (χ1n) is 7.50. The van der Waals surface area contributed by atoms with Crippen LogP contribution in [0.4, 0.5) is 4.79 Å². The van der Waals surface area contributed by atoms with Crippen LogP contribution in [0.3, 0.4) is 0 Å².